The maximum atomic E-state index is 11.9. The maximum Gasteiger partial charge on any atom is 0.335 e. The van der Waals surface area contributed by atoms with Crippen LogP contribution in [-0.4, -0.2) is 43.4 Å². The number of nitrogens with zero attached hydrogens (tertiary/aromatic N) is 5. The molecule has 0 saturated heterocycles. The van der Waals surface area contributed by atoms with Gasteiger partial charge in [0.25, 0.3) is 5.91 Å². The van der Waals surface area contributed by atoms with Gasteiger partial charge in [-0.25, -0.2) is 10.2 Å². The molecule has 3 aromatic rings. The molecule has 1 heterocycles. The van der Waals surface area contributed by atoms with Crippen LogP contribution in [0.2, 0.25) is 0 Å². The van der Waals surface area contributed by atoms with Crippen molar-refractivity contribution in [1.29, 1.82) is 0 Å². The van der Waals surface area contributed by atoms with Gasteiger partial charge in [-0.2, -0.15) is 9.90 Å². The number of hydrogen-bond donors (Lipinski definition) is 2. The smallest absolute Gasteiger partial charge is 0.335 e. The average Bonchev–Trinajstić information content (AvgIpc) is 3.11. The molecule has 9 nitrogen and oxygen atoms in total. The number of aromatic carboxylic acids is 1. The lowest BCUT2D eigenvalue weighted by Crippen LogP contribution is -2.24. The van der Waals surface area contributed by atoms with Crippen LogP contribution in [0.5, 0.6) is 0 Å². The molecular weight excluding hydrogens is 336 g/mol. The summed E-state index contributed by atoms with van der Waals surface area (Å²) in [6.45, 7) is -0.130. The molecule has 9 heteroatoms. The predicted molar refractivity (Wildman–Crippen MR) is 92.4 cm³/mol. The van der Waals surface area contributed by atoms with Gasteiger partial charge in [0.2, 0.25) is 5.82 Å². The van der Waals surface area contributed by atoms with E-state index >= 15 is 0 Å². The van der Waals surface area contributed by atoms with Crippen LogP contribution in [0.1, 0.15) is 15.9 Å². The third-order valence-corrected chi connectivity index (χ3v) is 3.33. The summed E-state index contributed by atoms with van der Waals surface area (Å²) in [6, 6.07) is 15.4. The molecule has 0 saturated carbocycles. The molecule has 2 aromatic carbocycles. The van der Waals surface area contributed by atoms with Crippen LogP contribution in [0.15, 0.2) is 59.7 Å². The van der Waals surface area contributed by atoms with Crippen LogP contribution in [0, 0.1) is 0 Å². The molecule has 0 aliphatic carbocycles. The third-order valence-electron chi connectivity index (χ3n) is 3.33. The number of rotatable bonds is 6. The van der Waals surface area contributed by atoms with E-state index in [0.717, 1.165) is 5.56 Å². The Morgan fingerprint density at radius 3 is 2.54 bits per heavy atom. The van der Waals surface area contributed by atoms with Crippen molar-refractivity contribution in [1.82, 2.24) is 25.6 Å². The number of carboxylic acid groups (broad SMARTS) is 1. The Labute approximate surface area is 148 Å². The van der Waals surface area contributed by atoms with E-state index in [1.165, 1.54) is 23.1 Å². The number of hydrazone groups is 1. The van der Waals surface area contributed by atoms with E-state index in [2.05, 4.69) is 25.9 Å². The standard InChI is InChI=1S/C17H14N6O3/c24-15(19-18-10-12-6-8-14(9-7-12)17(25)26)11-23-21-16(20-22-23)13-4-2-1-3-5-13/h1-10H,11H2,(H,19,24)(H,25,26)/b18-10-. The number of amides is 1. The van der Waals surface area contributed by atoms with Gasteiger partial charge in [0.15, 0.2) is 0 Å². The minimum absolute atomic E-state index is 0.130. The molecule has 0 unspecified atom stereocenters. The van der Waals surface area contributed by atoms with Gasteiger partial charge in [0.05, 0.1) is 11.8 Å². The van der Waals surface area contributed by atoms with Crippen molar-refractivity contribution in [2.75, 3.05) is 0 Å². The highest BCUT2D eigenvalue weighted by molar-refractivity contribution is 5.89. The first-order valence-electron chi connectivity index (χ1n) is 7.60. The fourth-order valence-corrected chi connectivity index (χ4v) is 2.07. The molecule has 0 atom stereocenters. The first-order chi connectivity index (χ1) is 12.6. The largest absolute Gasteiger partial charge is 0.478 e. The van der Waals surface area contributed by atoms with Crippen molar-refractivity contribution in [3.8, 4) is 11.4 Å². The van der Waals surface area contributed by atoms with Crippen LogP contribution >= 0.6 is 0 Å². The molecule has 3 rings (SSSR count). The average molecular weight is 350 g/mol. The SMILES string of the molecule is O=C(Cn1nnc(-c2ccccc2)n1)N/N=C\c1ccc(C(=O)O)cc1. The molecule has 130 valence electrons. The summed E-state index contributed by atoms with van der Waals surface area (Å²) >= 11 is 0. The monoisotopic (exact) mass is 350 g/mol. The van der Waals surface area contributed by atoms with Crippen LogP contribution in [0.25, 0.3) is 11.4 Å². The molecule has 0 spiro atoms. The van der Waals surface area contributed by atoms with Crippen LogP contribution in [-0.2, 0) is 11.3 Å². The van der Waals surface area contributed by atoms with Gasteiger partial charge in [0.1, 0.15) is 6.54 Å². The summed E-state index contributed by atoms with van der Waals surface area (Å²) < 4.78 is 0. The molecular formula is C17H14N6O3. The van der Waals surface area contributed by atoms with Crippen molar-refractivity contribution in [2.24, 2.45) is 5.10 Å². The van der Waals surface area contributed by atoms with Crippen molar-refractivity contribution in [3.63, 3.8) is 0 Å². The van der Waals surface area contributed by atoms with Crippen molar-refractivity contribution in [3.05, 3.63) is 65.7 Å². The van der Waals surface area contributed by atoms with E-state index in [9.17, 15) is 9.59 Å². The van der Waals surface area contributed by atoms with Gasteiger partial charge in [-0.05, 0) is 22.9 Å². The highest BCUT2D eigenvalue weighted by Gasteiger charge is 2.08. The summed E-state index contributed by atoms with van der Waals surface area (Å²) in [5.74, 6) is -0.988. The summed E-state index contributed by atoms with van der Waals surface area (Å²) in [7, 11) is 0. The number of carboxylic acids is 1. The number of nitrogens with one attached hydrogen (secondary N) is 1. The van der Waals surface area contributed by atoms with Crippen LogP contribution in [0.4, 0.5) is 0 Å². The Morgan fingerprint density at radius 2 is 1.85 bits per heavy atom. The predicted octanol–water partition coefficient (Wildman–Crippen LogP) is 1.19. The quantitative estimate of drug-likeness (QED) is 0.508. The van der Waals surface area contributed by atoms with Gasteiger partial charge >= 0.3 is 5.97 Å². The van der Waals surface area contributed by atoms with E-state index in [-0.39, 0.29) is 12.1 Å². The molecule has 26 heavy (non-hydrogen) atoms. The zero-order valence-corrected chi connectivity index (χ0v) is 13.5. The van der Waals surface area contributed by atoms with Crippen molar-refractivity contribution >= 4 is 18.1 Å². The van der Waals surface area contributed by atoms with Crippen LogP contribution < -0.4 is 5.43 Å². The molecule has 2 N–H and O–H groups in total. The maximum absolute atomic E-state index is 11.9. The van der Waals surface area contributed by atoms with Gasteiger partial charge in [-0.1, -0.05) is 42.5 Å². The molecule has 0 aliphatic heterocycles. The number of carbonyl (C=O) groups excluding carboxylic acids is 1. The molecule has 1 aromatic heterocycles. The highest BCUT2D eigenvalue weighted by Crippen LogP contribution is 2.11. The van der Waals surface area contributed by atoms with Gasteiger partial charge in [0, 0.05) is 5.56 Å². The zero-order valence-electron chi connectivity index (χ0n) is 13.5. The highest BCUT2D eigenvalue weighted by atomic mass is 16.4. The second-order valence-corrected chi connectivity index (χ2v) is 5.23. The lowest BCUT2D eigenvalue weighted by Gasteiger charge is -1.99. The Kier molecular flexibility index (Phi) is 5.08. The molecule has 0 bridgehead atoms. The Morgan fingerprint density at radius 1 is 1.12 bits per heavy atom. The number of tetrazole rings is 1. The fourth-order valence-electron chi connectivity index (χ4n) is 2.07. The first kappa shape index (κ1) is 17.0. The van der Waals surface area contributed by atoms with E-state index in [4.69, 9.17) is 5.11 Å². The summed E-state index contributed by atoms with van der Waals surface area (Å²) in [6.07, 6.45) is 1.41. The van der Waals surface area contributed by atoms with E-state index in [1.807, 2.05) is 30.3 Å². The summed E-state index contributed by atoms with van der Waals surface area (Å²) in [4.78, 5) is 23.8. The fraction of sp³-hybridized carbons (Fsp3) is 0.0588. The number of carbonyl (C=O) groups is 2. The number of benzene rings is 2. The van der Waals surface area contributed by atoms with Gasteiger partial charge < -0.3 is 5.11 Å². The second-order valence-electron chi connectivity index (χ2n) is 5.23. The van der Waals surface area contributed by atoms with Gasteiger partial charge in [-0.15, -0.1) is 10.2 Å². The minimum Gasteiger partial charge on any atom is -0.478 e. The zero-order chi connectivity index (χ0) is 18.4. The second kappa shape index (κ2) is 7.79. The lowest BCUT2D eigenvalue weighted by atomic mass is 10.1. The van der Waals surface area contributed by atoms with Crippen LogP contribution in [0.3, 0.4) is 0 Å². The molecule has 0 aliphatic rings. The first-order valence-corrected chi connectivity index (χ1v) is 7.60. The number of aromatic nitrogens is 4. The molecule has 0 radical (unpaired) electrons. The van der Waals surface area contributed by atoms with E-state index in [0.29, 0.717) is 11.4 Å². The Hall–Kier alpha value is -3.88. The normalized spacial score (nSPS) is 10.8. The van der Waals surface area contributed by atoms with Crippen molar-refractivity contribution in [2.45, 2.75) is 6.54 Å². The third kappa shape index (κ3) is 4.35. The minimum atomic E-state index is -1.00. The summed E-state index contributed by atoms with van der Waals surface area (Å²) in [5, 5.41) is 24.5. The number of hydrogen-bond acceptors (Lipinski definition) is 6. The Balaban J connectivity index is 1.54. The van der Waals surface area contributed by atoms with E-state index in [1.54, 1.807) is 12.1 Å². The lowest BCUT2D eigenvalue weighted by molar-refractivity contribution is -0.122. The molecule has 1 amide bonds. The Bertz CT molecular complexity index is 935. The van der Waals surface area contributed by atoms with E-state index < -0.39 is 11.9 Å². The van der Waals surface area contributed by atoms with Gasteiger partial charge in [-0.3, -0.25) is 4.79 Å². The summed E-state index contributed by atoms with van der Waals surface area (Å²) in [5.41, 5.74) is 3.99. The topological polar surface area (TPSA) is 122 Å². The molecule has 0 fully saturated rings. The van der Waals surface area contributed by atoms with Crippen molar-refractivity contribution < 1.29 is 14.7 Å².